The Labute approximate surface area is 146 Å². The molecular formula is C16H8F7NO3. The van der Waals surface area contributed by atoms with Crippen LogP contribution in [0, 0.1) is 29.1 Å². The number of rotatable bonds is 3. The molecule has 0 aromatic heterocycles. The van der Waals surface area contributed by atoms with Crippen molar-refractivity contribution in [3.8, 4) is 16.9 Å². The summed E-state index contributed by atoms with van der Waals surface area (Å²) in [6.45, 7) is -0.815. The number of benzene rings is 2. The molecule has 4 nitrogen and oxygen atoms in total. The predicted molar refractivity (Wildman–Crippen MR) is 76.7 cm³/mol. The Hall–Kier alpha value is -2.82. The monoisotopic (exact) mass is 395 g/mol. The van der Waals surface area contributed by atoms with Crippen LogP contribution >= 0.6 is 0 Å². The van der Waals surface area contributed by atoms with Crippen molar-refractivity contribution in [3.63, 3.8) is 0 Å². The predicted octanol–water partition coefficient (Wildman–Crippen LogP) is 3.51. The fraction of sp³-hybridized carbons (Fsp3) is 0.188. The maximum atomic E-state index is 14.5. The second kappa shape index (κ2) is 6.41. The first-order valence-corrected chi connectivity index (χ1v) is 7.26. The molecule has 1 heterocycles. The van der Waals surface area contributed by atoms with E-state index in [1.807, 2.05) is 0 Å². The van der Waals surface area contributed by atoms with Crippen LogP contribution in [-0.4, -0.2) is 23.7 Å². The third kappa shape index (κ3) is 2.97. The SMILES string of the molecule is O=C1Nc2cc(-c3c(F)c(F)c(F)c(CCO)c3F)c(F)cc2OC1(F)F. The number of alkyl halides is 2. The van der Waals surface area contributed by atoms with E-state index >= 15 is 0 Å². The molecule has 144 valence electrons. The van der Waals surface area contributed by atoms with E-state index in [-0.39, 0.29) is 0 Å². The van der Waals surface area contributed by atoms with E-state index in [2.05, 4.69) is 4.74 Å². The zero-order valence-corrected chi connectivity index (χ0v) is 13.0. The summed E-state index contributed by atoms with van der Waals surface area (Å²) in [5.41, 5.74) is -3.90. The molecule has 0 atom stereocenters. The van der Waals surface area contributed by atoms with E-state index in [1.165, 1.54) is 0 Å². The molecule has 0 aliphatic carbocycles. The number of carbonyl (C=O) groups is 1. The Balaban J connectivity index is 2.24. The highest BCUT2D eigenvalue weighted by molar-refractivity contribution is 5.99. The molecule has 27 heavy (non-hydrogen) atoms. The Morgan fingerprint density at radius 1 is 1.00 bits per heavy atom. The van der Waals surface area contributed by atoms with Gasteiger partial charge in [0.1, 0.15) is 11.6 Å². The number of carbonyl (C=O) groups excluding carboxylic acids is 1. The molecule has 0 saturated carbocycles. The van der Waals surface area contributed by atoms with Crippen LogP contribution in [0.4, 0.5) is 36.4 Å². The zero-order chi connectivity index (χ0) is 20.1. The average Bonchev–Trinajstić information content (AvgIpc) is 2.59. The number of ether oxygens (including phenoxy) is 1. The van der Waals surface area contributed by atoms with Crippen LogP contribution in [0.5, 0.6) is 5.75 Å². The van der Waals surface area contributed by atoms with Crippen molar-refractivity contribution in [2.45, 2.75) is 12.5 Å². The molecule has 2 N–H and O–H groups in total. The molecule has 2 aromatic carbocycles. The van der Waals surface area contributed by atoms with Gasteiger partial charge in [-0.1, -0.05) is 0 Å². The molecule has 3 rings (SSSR count). The van der Waals surface area contributed by atoms with E-state index in [9.17, 15) is 35.5 Å². The fourth-order valence-electron chi connectivity index (χ4n) is 2.56. The minimum Gasteiger partial charge on any atom is -0.423 e. The average molecular weight is 395 g/mol. The van der Waals surface area contributed by atoms with Crippen LogP contribution in [0.25, 0.3) is 11.1 Å². The Morgan fingerprint density at radius 3 is 2.30 bits per heavy atom. The molecule has 1 amide bonds. The van der Waals surface area contributed by atoms with Gasteiger partial charge in [0.15, 0.2) is 23.2 Å². The fourth-order valence-corrected chi connectivity index (χ4v) is 2.56. The van der Waals surface area contributed by atoms with Gasteiger partial charge in [-0.3, -0.25) is 4.79 Å². The maximum absolute atomic E-state index is 14.5. The summed E-state index contributed by atoms with van der Waals surface area (Å²) >= 11 is 0. The lowest BCUT2D eigenvalue weighted by atomic mass is 9.97. The van der Waals surface area contributed by atoms with Crippen LogP contribution in [-0.2, 0) is 11.2 Å². The van der Waals surface area contributed by atoms with E-state index in [4.69, 9.17) is 5.11 Å². The first-order chi connectivity index (χ1) is 12.6. The van der Waals surface area contributed by atoms with E-state index in [0.717, 1.165) is 0 Å². The standard InChI is InChI=1S/C16H8F7NO3/c17-7-4-9-8(24-15(26)16(22,23)27-9)3-6(7)10-11(18)5(1-2-25)12(19)14(21)13(10)20/h3-4,25H,1-2H2,(H,24,26). The van der Waals surface area contributed by atoms with Crippen LogP contribution in [0.1, 0.15) is 5.56 Å². The number of aliphatic hydroxyl groups excluding tert-OH is 1. The van der Waals surface area contributed by atoms with E-state index in [0.29, 0.717) is 12.1 Å². The molecule has 0 spiro atoms. The Kier molecular flexibility index (Phi) is 4.50. The van der Waals surface area contributed by atoms with Gasteiger partial charge in [0.2, 0.25) is 0 Å². The van der Waals surface area contributed by atoms with Gasteiger partial charge in [-0.05, 0) is 6.07 Å². The highest BCUT2D eigenvalue weighted by Crippen LogP contribution is 2.41. The summed E-state index contributed by atoms with van der Waals surface area (Å²) in [7, 11) is 0. The molecule has 11 heteroatoms. The van der Waals surface area contributed by atoms with Crippen molar-refractivity contribution in [3.05, 3.63) is 46.8 Å². The van der Waals surface area contributed by atoms with Gasteiger partial charge in [0.25, 0.3) is 0 Å². The van der Waals surface area contributed by atoms with Gasteiger partial charge in [-0.2, -0.15) is 8.78 Å². The summed E-state index contributed by atoms with van der Waals surface area (Å²) in [4.78, 5) is 11.2. The van der Waals surface area contributed by atoms with Gasteiger partial charge >= 0.3 is 12.0 Å². The van der Waals surface area contributed by atoms with Gasteiger partial charge in [-0.15, -0.1) is 0 Å². The second-order valence-electron chi connectivity index (χ2n) is 5.48. The summed E-state index contributed by atoms with van der Waals surface area (Å²) in [5.74, 6) is -12.0. The van der Waals surface area contributed by atoms with Crippen molar-refractivity contribution >= 4 is 11.6 Å². The number of fused-ring (bicyclic) bond motifs is 1. The Morgan fingerprint density at radius 2 is 1.67 bits per heavy atom. The first kappa shape index (κ1) is 19.0. The third-order valence-corrected chi connectivity index (χ3v) is 3.81. The van der Waals surface area contributed by atoms with Crippen LogP contribution in [0.2, 0.25) is 0 Å². The normalized spacial score (nSPS) is 15.2. The van der Waals surface area contributed by atoms with Crippen molar-refractivity contribution in [2.75, 3.05) is 11.9 Å². The number of halogens is 7. The number of amides is 1. The number of hydrogen-bond donors (Lipinski definition) is 2. The molecule has 1 aliphatic heterocycles. The lowest BCUT2D eigenvalue weighted by molar-refractivity contribution is -0.189. The van der Waals surface area contributed by atoms with Crippen molar-refractivity contribution in [2.24, 2.45) is 0 Å². The van der Waals surface area contributed by atoms with E-state index < -0.39 is 82.3 Å². The van der Waals surface area contributed by atoms with Gasteiger partial charge in [0, 0.05) is 30.2 Å². The maximum Gasteiger partial charge on any atom is 0.482 e. The molecule has 0 fully saturated rings. The van der Waals surface area contributed by atoms with Gasteiger partial charge in [-0.25, -0.2) is 22.0 Å². The number of aliphatic hydroxyl groups is 1. The van der Waals surface area contributed by atoms with Crippen LogP contribution in [0.3, 0.4) is 0 Å². The largest absolute Gasteiger partial charge is 0.482 e. The lowest BCUT2D eigenvalue weighted by Gasteiger charge is -2.25. The Bertz CT molecular complexity index is 962. The smallest absolute Gasteiger partial charge is 0.423 e. The molecule has 0 saturated heterocycles. The summed E-state index contributed by atoms with van der Waals surface area (Å²) in [5, 5.41) is 10.5. The van der Waals surface area contributed by atoms with Crippen molar-refractivity contribution in [1.82, 2.24) is 0 Å². The zero-order valence-electron chi connectivity index (χ0n) is 13.0. The highest BCUT2D eigenvalue weighted by Gasteiger charge is 2.46. The first-order valence-electron chi connectivity index (χ1n) is 7.26. The third-order valence-electron chi connectivity index (χ3n) is 3.81. The molecular weight excluding hydrogens is 387 g/mol. The molecule has 0 radical (unpaired) electrons. The van der Waals surface area contributed by atoms with E-state index in [1.54, 1.807) is 5.32 Å². The van der Waals surface area contributed by atoms with Crippen molar-refractivity contribution in [1.29, 1.82) is 0 Å². The minimum absolute atomic E-state index is 0.309. The van der Waals surface area contributed by atoms with Gasteiger partial charge in [0.05, 0.1) is 11.3 Å². The molecule has 2 aromatic rings. The molecule has 0 unspecified atom stereocenters. The number of hydrogen-bond acceptors (Lipinski definition) is 3. The molecule has 1 aliphatic rings. The highest BCUT2D eigenvalue weighted by atomic mass is 19.3. The summed E-state index contributed by atoms with van der Waals surface area (Å²) < 4.78 is 101. The number of nitrogens with one attached hydrogen (secondary N) is 1. The minimum atomic E-state index is -4.30. The van der Waals surface area contributed by atoms with Gasteiger partial charge < -0.3 is 15.2 Å². The summed E-state index contributed by atoms with van der Waals surface area (Å²) in [6.07, 6.45) is -5.03. The topological polar surface area (TPSA) is 58.6 Å². The van der Waals surface area contributed by atoms with Crippen molar-refractivity contribution < 1.29 is 45.4 Å². The molecule has 0 bridgehead atoms. The van der Waals surface area contributed by atoms with Crippen LogP contribution < -0.4 is 10.1 Å². The number of anilines is 1. The summed E-state index contributed by atoms with van der Waals surface area (Å²) in [6, 6.07) is 0.850. The second-order valence-corrected chi connectivity index (χ2v) is 5.48. The quantitative estimate of drug-likeness (QED) is 0.475. The lowest BCUT2D eigenvalue weighted by Crippen LogP contribution is -2.43. The van der Waals surface area contributed by atoms with Crippen LogP contribution in [0.15, 0.2) is 12.1 Å².